The van der Waals surface area contributed by atoms with E-state index in [2.05, 4.69) is 10.1 Å². The predicted octanol–water partition coefficient (Wildman–Crippen LogP) is 1.39. The molecule has 0 bridgehead atoms. The summed E-state index contributed by atoms with van der Waals surface area (Å²) in [5.74, 6) is 0.273. The number of rotatable bonds is 5. The zero-order chi connectivity index (χ0) is 17.1. The molecule has 2 amide bonds. The highest BCUT2D eigenvalue weighted by molar-refractivity contribution is 5.89. The van der Waals surface area contributed by atoms with Crippen molar-refractivity contribution in [1.82, 2.24) is 19.9 Å². The molecule has 7 nitrogen and oxygen atoms in total. The molecular formula is C17H20N4O3. The van der Waals surface area contributed by atoms with Crippen LogP contribution in [0.5, 0.6) is 0 Å². The maximum absolute atomic E-state index is 12.6. The molecule has 2 aromatic rings. The van der Waals surface area contributed by atoms with Crippen LogP contribution in [-0.2, 0) is 22.7 Å². The van der Waals surface area contributed by atoms with Gasteiger partial charge in [0.2, 0.25) is 11.8 Å². The van der Waals surface area contributed by atoms with Crippen LogP contribution in [0.4, 0.5) is 0 Å². The van der Waals surface area contributed by atoms with Crippen LogP contribution in [0, 0.1) is 12.8 Å². The number of nitrogens with zero attached hydrogens (tertiary/aromatic N) is 4. The summed E-state index contributed by atoms with van der Waals surface area (Å²) in [6.45, 7) is 3.11. The lowest BCUT2D eigenvalue weighted by Crippen LogP contribution is -2.34. The van der Waals surface area contributed by atoms with E-state index < -0.39 is 0 Å². The molecule has 1 fully saturated rings. The van der Waals surface area contributed by atoms with Gasteiger partial charge in [-0.1, -0.05) is 11.2 Å². The molecule has 0 saturated carbocycles. The normalized spacial score (nSPS) is 17.3. The highest BCUT2D eigenvalue weighted by atomic mass is 16.5. The Hall–Kier alpha value is -2.70. The van der Waals surface area contributed by atoms with Crippen LogP contribution < -0.4 is 0 Å². The Kier molecular flexibility index (Phi) is 4.59. The van der Waals surface area contributed by atoms with Gasteiger partial charge in [0.05, 0.1) is 18.2 Å². The summed E-state index contributed by atoms with van der Waals surface area (Å²) in [6.07, 6.45) is 3.68. The van der Waals surface area contributed by atoms with Gasteiger partial charge in [-0.2, -0.15) is 0 Å². The summed E-state index contributed by atoms with van der Waals surface area (Å²) in [6, 6.07) is 5.57. The van der Waals surface area contributed by atoms with E-state index in [4.69, 9.17) is 4.52 Å². The number of aryl methyl sites for hydroxylation is 1. The van der Waals surface area contributed by atoms with E-state index in [1.165, 1.54) is 0 Å². The van der Waals surface area contributed by atoms with Crippen LogP contribution in [0.2, 0.25) is 0 Å². The Bertz CT molecular complexity index is 728. The largest absolute Gasteiger partial charge is 0.359 e. The molecule has 1 aliphatic rings. The lowest BCUT2D eigenvalue weighted by Gasteiger charge is -2.20. The molecule has 0 radical (unpaired) electrons. The fourth-order valence-corrected chi connectivity index (χ4v) is 2.92. The third-order valence-corrected chi connectivity index (χ3v) is 4.11. The molecule has 24 heavy (non-hydrogen) atoms. The second kappa shape index (κ2) is 6.82. The third kappa shape index (κ3) is 3.61. The lowest BCUT2D eigenvalue weighted by molar-refractivity contribution is -0.135. The molecule has 1 aliphatic heterocycles. The molecule has 0 unspecified atom stereocenters. The molecule has 7 heteroatoms. The number of carbonyl (C=O) groups excluding carboxylic acids is 2. The highest BCUT2D eigenvalue weighted by Gasteiger charge is 2.35. The molecule has 0 spiro atoms. The Morgan fingerprint density at radius 2 is 2.33 bits per heavy atom. The van der Waals surface area contributed by atoms with E-state index >= 15 is 0 Å². The van der Waals surface area contributed by atoms with Crippen LogP contribution in [-0.4, -0.2) is 45.3 Å². The lowest BCUT2D eigenvalue weighted by atomic mass is 10.1. The minimum Gasteiger partial charge on any atom is -0.359 e. The number of aromatic nitrogens is 2. The SMILES string of the molecule is Cc1cc(CN(C)C(=O)[C@H]2CC(=O)N(Cc3cccnc3)C2)on1. The topological polar surface area (TPSA) is 79.5 Å². The molecule has 0 aliphatic carbocycles. The molecule has 1 atom stereocenters. The monoisotopic (exact) mass is 328 g/mol. The first-order chi connectivity index (χ1) is 11.5. The Balaban J connectivity index is 1.59. The second-order valence-electron chi connectivity index (χ2n) is 6.17. The smallest absolute Gasteiger partial charge is 0.228 e. The molecule has 3 rings (SSSR count). The maximum atomic E-state index is 12.6. The number of hydrogen-bond acceptors (Lipinski definition) is 5. The van der Waals surface area contributed by atoms with Crippen molar-refractivity contribution in [3.63, 3.8) is 0 Å². The van der Waals surface area contributed by atoms with Gasteiger partial charge in [0.1, 0.15) is 0 Å². The number of carbonyl (C=O) groups is 2. The summed E-state index contributed by atoms with van der Waals surface area (Å²) in [5, 5.41) is 3.82. The van der Waals surface area contributed by atoms with Gasteiger partial charge in [-0.05, 0) is 18.6 Å². The van der Waals surface area contributed by atoms with Crippen molar-refractivity contribution in [3.8, 4) is 0 Å². The average molecular weight is 328 g/mol. The zero-order valence-corrected chi connectivity index (χ0v) is 13.8. The van der Waals surface area contributed by atoms with Gasteiger partial charge in [0.25, 0.3) is 0 Å². The first-order valence-electron chi connectivity index (χ1n) is 7.87. The molecule has 0 aromatic carbocycles. The average Bonchev–Trinajstić information content (AvgIpc) is 3.14. The van der Waals surface area contributed by atoms with Gasteiger partial charge >= 0.3 is 0 Å². The van der Waals surface area contributed by atoms with E-state index in [1.807, 2.05) is 19.1 Å². The zero-order valence-electron chi connectivity index (χ0n) is 13.8. The van der Waals surface area contributed by atoms with Crippen molar-refractivity contribution < 1.29 is 14.1 Å². The number of hydrogen-bond donors (Lipinski definition) is 0. The van der Waals surface area contributed by atoms with Crippen molar-refractivity contribution in [2.24, 2.45) is 5.92 Å². The Morgan fingerprint density at radius 3 is 3.00 bits per heavy atom. The van der Waals surface area contributed by atoms with Crippen LogP contribution in [0.3, 0.4) is 0 Å². The minimum atomic E-state index is -0.316. The molecule has 0 N–H and O–H groups in total. The predicted molar refractivity (Wildman–Crippen MR) is 85.5 cm³/mol. The van der Waals surface area contributed by atoms with Crippen LogP contribution >= 0.6 is 0 Å². The van der Waals surface area contributed by atoms with Crippen molar-refractivity contribution in [1.29, 1.82) is 0 Å². The third-order valence-electron chi connectivity index (χ3n) is 4.11. The van der Waals surface area contributed by atoms with Crippen molar-refractivity contribution in [2.45, 2.75) is 26.4 Å². The number of pyridine rings is 1. The van der Waals surface area contributed by atoms with E-state index in [0.717, 1.165) is 11.3 Å². The van der Waals surface area contributed by atoms with Crippen molar-refractivity contribution in [2.75, 3.05) is 13.6 Å². The van der Waals surface area contributed by atoms with E-state index in [-0.39, 0.29) is 24.2 Å². The van der Waals surface area contributed by atoms with Gasteiger partial charge < -0.3 is 14.3 Å². The molecule has 126 valence electrons. The van der Waals surface area contributed by atoms with Crippen molar-refractivity contribution >= 4 is 11.8 Å². The van der Waals surface area contributed by atoms with E-state index in [0.29, 0.717) is 25.4 Å². The first kappa shape index (κ1) is 16.2. The molecule has 1 saturated heterocycles. The summed E-state index contributed by atoms with van der Waals surface area (Å²) < 4.78 is 5.14. The highest BCUT2D eigenvalue weighted by Crippen LogP contribution is 2.22. The first-order valence-corrected chi connectivity index (χ1v) is 7.87. The van der Waals surface area contributed by atoms with Crippen LogP contribution in [0.25, 0.3) is 0 Å². The Labute approximate surface area is 140 Å². The number of amides is 2. The van der Waals surface area contributed by atoms with Crippen LogP contribution in [0.1, 0.15) is 23.4 Å². The Morgan fingerprint density at radius 1 is 1.50 bits per heavy atom. The van der Waals surface area contributed by atoms with Gasteiger partial charge in [0, 0.05) is 45.0 Å². The minimum absolute atomic E-state index is 0.00103. The van der Waals surface area contributed by atoms with Gasteiger partial charge in [0.15, 0.2) is 5.76 Å². The second-order valence-corrected chi connectivity index (χ2v) is 6.17. The quantitative estimate of drug-likeness (QED) is 0.828. The summed E-state index contributed by atoms with van der Waals surface area (Å²) in [4.78, 5) is 32.1. The standard InChI is InChI=1S/C17H20N4O3/c1-12-6-15(24-19-12)11-20(2)17(23)14-7-16(22)21(10-14)9-13-4-3-5-18-8-13/h3-6,8,14H,7,9-11H2,1-2H3/t14-/m0/s1. The fourth-order valence-electron chi connectivity index (χ4n) is 2.92. The summed E-state index contributed by atoms with van der Waals surface area (Å²) in [7, 11) is 1.72. The molecule has 3 heterocycles. The van der Waals surface area contributed by atoms with Crippen LogP contribution in [0.15, 0.2) is 35.1 Å². The molecule has 2 aromatic heterocycles. The van der Waals surface area contributed by atoms with E-state index in [1.54, 1.807) is 35.3 Å². The summed E-state index contributed by atoms with van der Waals surface area (Å²) in [5.41, 5.74) is 1.74. The van der Waals surface area contributed by atoms with Gasteiger partial charge in [-0.25, -0.2) is 0 Å². The summed E-state index contributed by atoms with van der Waals surface area (Å²) >= 11 is 0. The molecular weight excluding hydrogens is 308 g/mol. The van der Waals surface area contributed by atoms with Gasteiger partial charge in [-0.3, -0.25) is 14.6 Å². The van der Waals surface area contributed by atoms with E-state index in [9.17, 15) is 9.59 Å². The van der Waals surface area contributed by atoms with Crippen molar-refractivity contribution in [3.05, 3.63) is 47.6 Å². The fraction of sp³-hybridized carbons (Fsp3) is 0.412. The maximum Gasteiger partial charge on any atom is 0.228 e. The van der Waals surface area contributed by atoms with Gasteiger partial charge in [-0.15, -0.1) is 0 Å². The number of likely N-dealkylation sites (tertiary alicyclic amines) is 1.